The van der Waals surface area contributed by atoms with Crippen LogP contribution in [0.25, 0.3) is 32.3 Å². The van der Waals surface area contributed by atoms with Crippen LogP contribution in [-0.2, 0) is 0 Å². The maximum atomic E-state index is 12.8. The van der Waals surface area contributed by atoms with Gasteiger partial charge in [-0.05, 0) is 56.3 Å². The molecule has 0 saturated carbocycles. The fourth-order valence-corrected chi connectivity index (χ4v) is 5.27. The Balaban J connectivity index is 1.50. The molecule has 154 valence electrons. The summed E-state index contributed by atoms with van der Waals surface area (Å²) in [6.45, 7) is 10.6. The van der Waals surface area contributed by atoms with Crippen molar-refractivity contribution in [1.29, 1.82) is 0 Å². The minimum absolute atomic E-state index is 0.301. The zero-order chi connectivity index (χ0) is 20.8. The zero-order valence-corrected chi connectivity index (χ0v) is 18.3. The van der Waals surface area contributed by atoms with E-state index in [1.54, 1.807) is 11.3 Å². The molecule has 1 atom stereocenters. The number of thiazole rings is 1. The maximum Gasteiger partial charge on any atom is 0.344 e. The lowest BCUT2D eigenvalue weighted by Gasteiger charge is -2.40. The van der Waals surface area contributed by atoms with Gasteiger partial charge in [0.05, 0.1) is 20.8 Å². The van der Waals surface area contributed by atoms with Gasteiger partial charge in [0, 0.05) is 42.8 Å². The van der Waals surface area contributed by atoms with E-state index >= 15 is 0 Å². The van der Waals surface area contributed by atoms with E-state index in [4.69, 9.17) is 4.42 Å². The van der Waals surface area contributed by atoms with Crippen LogP contribution in [0.2, 0.25) is 0 Å². The van der Waals surface area contributed by atoms with Crippen molar-refractivity contribution in [3.63, 3.8) is 0 Å². The number of nitrogens with zero attached hydrogens (tertiary/aromatic N) is 3. The van der Waals surface area contributed by atoms with Gasteiger partial charge < -0.3 is 9.32 Å². The molecule has 0 spiro atoms. The summed E-state index contributed by atoms with van der Waals surface area (Å²) in [7, 11) is 0. The van der Waals surface area contributed by atoms with Crippen LogP contribution < -0.4 is 10.5 Å². The Bertz CT molecular complexity index is 1290. The van der Waals surface area contributed by atoms with E-state index in [-0.39, 0.29) is 5.63 Å². The number of benzene rings is 2. The lowest BCUT2D eigenvalue weighted by atomic mass is 10.1. The summed E-state index contributed by atoms with van der Waals surface area (Å²) in [5.74, 6) is 0. The number of anilines is 1. The Labute approximate surface area is 179 Å². The minimum Gasteiger partial charge on any atom is -0.422 e. The first kappa shape index (κ1) is 19.3. The fraction of sp³-hybridized carbons (Fsp3) is 0.333. The summed E-state index contributed by atoms with van der Waals surface area (Å²) in [6, 6.07) is 14.6. The van der Waals surface area contributed by atoms with Gasteiger partial charge in [-0.1, -0.05) is 13.0 Å². The Morgan fingerprint density at radius 2 is 2.03 bits per heavy atom. The molecule has 2 aromatic heterocycles. The van der Waals surface area contributed by atoms with Crippen LogP contribution in [-0.4, -0.2) is 42.1 Å². The smallest absolute Gasteiger partial charge is 0.344 e. The SMILES string of the molecule is CCN1CCN(c2ccc3cc(-c4ccc5nc(C)sc5c4)c(=O)oc3c2)CC1C. The highest BCUT2D eigenvalue weighted by Gasteiger charge is 2.23. The maximum absolute atomic E-state index is 12.8. The molecule has 5 rings (SSSR count). The second-order valence-corrected chi connectivity index (χ2v) is 9.24. The molecule has 2 aromatic carbocycles. The molecule has 6 heteroatoms. The Kier molecular flexibility index (Phi) is 4.83. The molecular formula is C24H25N3O2S. The molecule has 1 aliphatic rings. The van der Waals surface area contributed by atoms with Crippen molar-refractivity contribution >= 4 is 38.2 Å². The van der Waals surface area contributed by atoms with Crippen molar-refractivity contribution in [1.82, 2.24) is 9.88 Å². The third-order valence-electron chi connectivity index (χ3n) is 6.06. The second-order valence-electron chi connectivity index (χ2n) is 8.01. The first-order valence-electron chi connectivity index (χ1n) is 10.5. The molecule has 0 aliphatic carbocycles. The number of fused-ring (bicyclic) bond motifs is 2. The average molecular weight is 420 g/mol. The Morgan fingerprint density at radius 3 is 2.83 bits per heavy atom. The van der Waals surface area contributed by atoms with E-state index in [2.05, 4.69) is 40.8 Å². The van der Waals surface area contributed by atoms with Gasteiger partial charge in [0.2, 0.25) is 0 Å². The number of hydrogen-bond acceptors (Lipinski definition) is 6. The van der Waals surface area contributed by atoms with E-state index in [1.807, 2.05) is 37.3 Å². The first-order chi connectivity index (χ1) is 14.5. The summed E-state index contributed by atoms with van der Waals surface area (Å²) < 4.78 is 6.84. The summed E-state index contributed by atoms with van der Waals surface area (Å²) in [6.07, 6.45) is 0. The molecule has 1 aliphatic heterocycles. The normalized spacial score (nSPS) is 17.8. The third kappa shape index (κ3) is 3.40. The molecule has 1 fully saturated rings. The Hall–Kier alpha value is -2.70. The lowest BCUT2D eigenvalue weighted by molar-refractivity contribution is 0.199. The molecule has 1 unspecified atom stereocenters. The number of likely N-dealkylation sites (N-methyl/N-ethyl adjacent to an activating group) is 1. The molecule has 4 aromatic rings. The van der Waals surface area contributed by atoms with Gasteiger partial charge >= 0.3 is 5.63 Å². The van der Waals surface area contributed by atoms with Crippen LogP contribution >= 0.6 is 11.3 Å². The highest BCUT2D eigenvalue weighted by atomic mass is 32.1. The highest BCUT2D eigenvalue weighted by Crippen LogP contribution is 2.29. The molecular weight excluding hydrogens is 394 g/mol. The summed E-state index contributed by atoms with van der Waals surface area (Å²) in [4.78, 5) is 22.2. The van der Waals surface area contributed by atoms with Gasteiger partial charge in [-0.15, -0.1) is 11.3 Å². The molecule has 0 amide bonds. The predicted molar refractivity (Wildman–Crippen MR) is 125 cm³/mol. The van der Waals surface area contributed by atoms with Crippen LogP contribution in [0.1, 0.15) is 18.9 Å². The first-order valence-corrected chi connectivity index (χ1v) is 11.3. The van der Waals surface area contributed by atoms with Crippen molar-refractivity contribution in [2.24, 2.45) is 0 Å². The number of aryl methyl sites for hydroxylation is 1. The number of hydrogen-bond donors (Lipinski definition) is 0. The van der Waals surface area contributed by atoms with E-state index in [1.165, 1.54) is 0 Å². The number of rotatable bonds is 3. The van der Waals surface area contributed by atoms with Gasteiger partial charge in [0.15, 0.2) is 0 Å². The minimum atomic E-state index is -0.301. The average Bonchev–Trinajstić information content (AvgIpc) is 3.12. The molecule has 30 heavy (non-hydrogen) atoms. The van der Waals surface area contributed by atoms with Gasteiger partial charge in [-0.2, -0.15) is 0 Å². The van der Waals surface area contributed by atoms with Crippen LogP contribution in [0.5, 0.6) is 0 Å². The van der Waals surface area contributed by atoms with E-state index in [0.717, 1.165) is 58.0 Å². The molecule has 1 saturated heterocycles. The topological polar surface area (TPSA) is 49.6 Å². The van der Waals surface area contributed by atoms with E-state index in [0.29, 0.717) is 17.2 Å². The lowest BCUT2D eigenvalue weighted by Crippen LogP contribution is -2.51. The van der Waals surface area contributed by atoms with Gasteiger partial charge in [-0.25, -0.2) is 9.78 Å². The fourth-order valence-electron chi connectivity index (χ4n) is 4.40. The number of piperazine rings is 1. The monoisotopic (exact) mass is 419 g/mol. The standard InChI is InChI=1S/C24H25N3O2S/c1-4-26-9-10-27(14-15(26)2)19-7-5-18-11-20(24(28)29-22(18)13-19)17-6-8-21-23(12-17)30-16(3)25-21/h5-8,11-13,15H,4,9-10,14H2,1-3H3. The van der Waals surface area contributed by atoms with Crippen LogP contribution in [0.3, 0.4) is 0 Å². The van der Waals surface area contributed by atoms with Crippen molar-refractivity contribution in [2.45, 2.75) is 26.8 Å². The van der Waals surface area contributed by atoms with E-state index < -0.39 is 0 Å². The van der Waals surface area contributed by atoms with Crippen molar-refractivity contribution < 1.29 is 4.42 Å². The third-order valence-corrected chi connectivity index (χ3v) is 7.00. The molecule has 5 nitrogen and oxygen atoms in total. The highest BCUT2D eigenvalue weighted by molar-refractivity contribution is 7.18. The van der Waals surface area contributed by atoms with Crippen molar-refractivity contribution in [2.75, 3.05) is 31.1 Å². The molecule has 0 bridgehead atoms. The van der Waals surface area contributed by atoms with E-state index in [9.17, 15) is 4.79 Å². The van der Waals surface area contributed by atoms with Crippen LogP contribution in [0.4, 0.5) is 5.69 Å². The largest absolute Gasteiger partial charge is 0.422 e. The van der Waals surface area contributed by atoms with Gasteiger partial charge in [0.1, 0.15) is 5.58 Å². The zero-order valence-electron chi connectivity index (χ0n) is 17.5. The molecule has 3 heterocycles. The quantitative estimate of drug-likeness (QED) is 0.442. The van der Waals surface area contributed by atoms with Gasteiger partial charge in [0.25, 0.3) is 0 Å². The van der Waals surface area contributed by atoms with Crippen LogP contribution in [0.15, 0.2) is 51.7 Å². The van der Waals surface area contributed by atoms with Crippen molar-refractivity contribution in [3.05, 3.63) is 57.9 Å². The van der Waals surface area contributed by atoms with Crippen molar-refractivity contribution in [3.8, 4) is 11.1 Å². The summed E-state index contributed by atoms with van der Waals surface area (Å²) >= 11 is 1.64. The molecule has 0 N–H and O–H groups in total. The second kappa shape index (κ2) is 7.52. The predicted octanol–water partition coefficient (Wildman–Crippen LogP) is 4.91. The van der Waals surface area contributed by atoms with Crippen LogP contribution in [0, 0.1) is 6.92 Å². The summed E-state index contributed by atoms with van der Waals surface area (Å²) in [5.41, 5.74) is 3.88. The number of aromatic nitrogens is 1. The molecule has 0 radical (unpaired) electrons. The summed E-state index contributed by atoms with van der Waals surface area (Å²) in [5, 5.41) is 1.96. The van der Waals surface area contributed by atoms with Gasteiger partial charge in [-0.3, -0.25) is 4.90 Å². The Morgan fingerprint density at radius 1 is 1.17 bits per heavy atom.